The quantitative estimate of drug-likeness (QED) is 0.493. The van der Waals surface area contributed by atoms with E-state index in [-0.39, 0.29) is 18.0 Å². The smallest absolute Gasteiger partial charge is 0.242 e. The first-order chi connectivity index (χ1) is 11.8. The number of hydrogen-bond donors (Lipinski definition) is 3. The monoisotopic (exact) mass is 347 g/mol. The minimum absolute atomic E-state index is 0.0779. The number of carbonyl (C=O) groups excluding carboxylic acids is 1. The summed E-state index contributed by atoms with van der Waals surface area (Å²) in [7, 11) is 2.09. The Labute approximate surface area is 152 Å². The summed E-state index contributed by atoms with van der Waals surface area (Å²) in [5, 5.41) is 9.35. The van der Waals surface area contributed by atoms with Gasteiger partial charge in [-0.2, -0.15) is 0 Å². The van der Waals surface area contributed by atoms with Crippen LogP contribution >= 0.6 is 0 Å². The van der Waals surface area contributed by atoms with Crippen molar-refractivity contribution in [3.8, 4) is 0 Å². The molecular weight excluding hydrogens is 314 g/mol. The lowest BCUT2D eigenvalue weighted by Gasteiger charge is -2.20. The second-order valence-corrected chi connectivity index (χ2v) is 7.14. The summed E-state index contributed by atoms with van der Waals surface area (Å²) in [6, 6.07) is 10.4. The maximum absolute atomic E-state index is 11.9. The van der Waals surface area contributed by atoms with E-state index in [0.29, 0.717) is 5.96 Å². The third-order valence-corrected chi connectivity index (χ3v) is 3.32. The van der Waals surface area contributed by atoms with E-state index < -0.39 is 0 Å². The Bertz CT molecular complexity index is 536. The Morgan fingerprint density at radius 2 is 1.84 bits per heavy atom. The van der Waals surface area contributed by atoms with Crippen molar-refractivity contribution in [2.24, 2.45) is 4.99 Å². The number of amides is 1. The summed E-state index contributed by atoms with van der Waals surface area (Å²) in [6.07, 6.45) is 0. The van der Waals surface area contributed by atoms with Crippen LogP contribution in [0.2, 0.25) is 0 Å². The van der Waals surface area contributed by atoms with Crippen molar-refractivity contribution in [3.63, 3.8) is 0 Å². The zero-order valence-corrected chi connectivity index (χ0v) is 16.2. The maximum atomic E-state index is 11.9. The highest BCUT2D eigenvalue weighted by Gasteiger charge is 2.13. The summed E-state index contributed by atoms with van der Waals surface area (Å²) >= 11 is 0. The molecule has 0 heterocycles. The highest BCUT2D eigenvalue weighted by atomic mass is 16.2. The van der Waals surface area contributed by atoms with Crippen molar-refractivity contribution in [1.82, 2.24) is 20.9 Å². The molecule has 0 aliphatic carbocycles. The second-order valence-electron chi connectivity index (χ2n) is 7.14. The van der Waals surface area contributed by atoms with Gasteiger partial charge in [0.25, 0.3) is 0 Å². The number of nitrogens with zero attached hydrogens (tertiary/aromatic N) is 2. The molecule has 0 radical (unpaired) electrons. The molecule has 1 aromatic rings. The molecule has 0 atom stereocenters. The van der Waals surface area contributed by atoms with E-state index in [1.54, 1.807) is 0 Å². The van der Waals surface area contributed by atoms with Crippen LogP contribution in [0.3, 0.4) is 0 Å². The van der Waals surface area contributed by atoms with Gasteiger partial charge < -0.3 is 20.9 Å². The maximum Gasteiger partial charge on any atom is 0.242 e. The van der Waals surface area contributed by atoms with Gasteiger partial charge >= 0.3 is 0 Å². The molecule has 1 aromatic carbocycles. The predicted octanol–water partition coefficient (Wildman–Crippen LogP) is 1.59. The van der Waals surface area contributed by atoms with Crippen LogP contribution < -0.4 is 16.0 Å². The number of benzene rings is 1. The summed E-state index contributed by atoms with van der Waals surface area (Å²) in [5.41, 5.74) is 1.06. The van der Waals surface area contributed by atoms with Crippen LogP contribution in [0, 0.1) is 0 Å². The van der Waals surface area contributed by atoms with Crippen molar-refractivity contribution >= 4 is 11.9 Å². The fraction of sp³-hybridized carbons (Fsp3) is 0.579. The van der Waals surface area contributed by atoms with E-state index in [1.807, 2.05) is 33.8 Å². The lowest BCUT2D eigenvalue weighted by molar-refractivity contribution is -0.121. The number of carbonyl (C=O) groups is 1. The Hall–Kier alpha value is -2.08. The summed E-state index contributed by atoms with van der Waals surface area (Å²) < 4.78 is 0. The predicted molar refractivity (Wildman–Crippen MR) is 105 cm³/mol. The van der Waals surface area contributed by atoms with Gasteiger partial charge in [0, 0.05) is 31.7 Å². The molecule has 1 amide bonds. The number of aliphatic imine (C=N–C) groups is 1. The van der Waals surface area contributed by atoms with Crippen molar-refractivity contribution in [2.45, 2.75) is 39.8 Å². The molecule has 0 aliphatic rings. The van der Waals surface area contributed by atoms with Gasteiger partial charge in [-0.05, 0) is 40.3 Å². The molecule has 6 nitrogen and oxygen atoms in total. The fourth-order valence-corrected chi connectivity index (χ4v) is 2.29. The first kappa shape index (κ1) is 21.0. The van der Waals surface area contributed by atoms with Crippen molar-refractivity contribution in [1.29, 1.82) is 0 Å². The van der Waals surface area contributed by atoms with Gasteiger partial charge in [-0.1, -0.05) is 30.3 Å². The van der Waals surface area contributed by atoms with Crippen LogP contribution in [-0.2, 0) is 11.3 Å². The molecule has 0 aliphatic heterocycles. The normalized spacial score (nSPS) is 12.2. The summed E-state index contributed by atoms with van der Waals surface area (Å²) in [4.78, 5) is 18.5. The molecule has 0 bridgehead atoms. The average Bonchev–Trinajstić information content (AvgIpc) is 2.52. The number of hydrogen-bond acceptors (Lipinski definition) is 3. The Kier molecular flexibility index (Phi) is 8.99. The van der Waals surface area contributed by atoms with Crippen molar-refractivity contribution in [2.75, 3.05) is 33.2 Å². The van der Waals surface area contributed by atoms with Gasteiger partial charge in [0.1, 0.15) is 6.54 Å². The van der Waals surface area contributed by atoms with Gasteiger partial charge in [-0.25, -0.2) is 4.99 Å². The van der Waals surface area contributed by atoms with Gasteiger partial charge in [-0.15, -0.1) is 0 Å². The van der Waals surface area contributed by atoms with Crippen LogP contribution in [0.15, 0.2) is 35.3 Å². The molecular formula is C19H33N5O. The zero-order chi connectivity index (χ0) is 18.7. The average molecular weight is 348 g/mol. The molecule has 3 N–H and O–H groups in total. The minimum Gasteiger partial charge on any atom is -0.357 e. The number of rotatable bonds is 8. The Morgan fingerprint density at radius 3 is 2.44 bits per heavy atom. The highest BCUT2D eigenvalue weighted by Crippen LogP contribution is 2.01. The number of nitrogens with one attached hydrogen (secondary N) is 3. The molecule has 0 spiro atoms. The van der Waals surface area contributed by atoms with Gasteiger partial charge in [-0.3, -0.25) is 4.79 Å². The minimum atomic E-state index is -0.238. The van der Waals surface area contributed by atoms with E-state index in [9.17, 15) is 4.79 Å². The van der Waals surface area contributed by atoms with E-state index in [0.717, 1.165) is 26.2 Å². The van der Waals surface area contributed by atoms with Crippen LogP contribution in [-0.4, -0.2) is 55.5 Å². The number of guanidine groups is 1. The number of likely N-dealkylation sites (N-methyl/N-ethyl adjacent to an activating group) is 1. The largest absolute Gasteiger partial charge is 0.357 e. The molecule has 0 aromatic heterocycles. The molecule has 0 saturated carbocycles. The Morgan fingerprint density at radius 1 is 1.16 bits per heavy atom. The molecule has 0 saturated heterocycles. The molecule has 1 rings (SSSR count). The molecule has 0 unspecified atom stereocenters. The first-order valence-corrected chi connectivity index (χ1v) is 8.86. The molecule has 6 heteroatoms. The third-order valence-electron chi connectivity index (χ3n) is 3.32. The van der Waals surface area contributed by atoms with E-state index in [2.05, 4.69) is 57.2 Å². The standard InChI is InChI=1S/C19H33N5O/c1-6-20-18(22-14-17(25)23-19(2,3)4)21-12-13-24(5)15-16-10-8-7-9-11-16/h7-11H,6,12-15H2,1-5H3,(H,23,25)(H2,20,21,22). The van der Waals surface area contributed by atoms with E-state index in [1.165, 1.54) is 5.56 Å². The summed E-state index contributed by atoms with van der Waals surface area (Å²) in [5.74, 6) is 0.588. The van der Waals surface area contributed by atoms with Gasteiger partial charge in [0.05, 0.1) is 0 Å². The van der Waals surface area contributed by atoms with Crippen LogP contribution in [0.4, 0.5) is 0 Å². The summed E-state index contributed by atoms with van der Waals surface area (Å²) in [6.45, 7) is 11.3. The molecule has 140 valence electrons. The molecule has 25 heavy (non-hydrogen) atoms. The SMILES string of the molecule is CCNC(=NCC(=O)NC(C)(C)C)NCCN(C)Cc1ccccc1. The van der Waals surface area contributed by atoms with E-state index >= 15 is 0 Å². The Balaban J connectivity index is 2.39. The third kappa shape index (κ3) is 10.4. The van der Waals surface area contributed by atoms with Crippen LogP contribution in [0.1, 0.15) is 33.3 Å². The second kappa shape index (κ2) is 10.7. The van der Waals surface area contributed by atoms with Crippen molar-refractivity contribution < 1.29 is 4.79 Å². The zero-order valence-electron chi connectivity index (χ0n) is 16.2. The lowest BCUT2D eigenvalue weighted by atomic mass is 10.1. The first-order valence-electron chi connectivity index (χ1n) is 8.86. The van der Waals surface area contributed by atoms with E-state index in [4.69, 9.17) is 0 Å². The highest BCUT2D eigenvalue weighted by molar-refractivity contribution is 5.85. The van der Waals surface area contributed by atoms with Crippen molar-refractivity contribution in [3.05, 3.63) is 35.9 Å². The topological polar surface area (TPSA) is 68.8 Å². The fourth-order valence-electron chi connectivity index (χ4n) is 2.29. The van der Waals surface area contributed by atoms with Crippen LogP contribution in [0.5, 0.6) is 0 Å². The van der Waals surface area contributed by atoms with Gasteiger partial charge in [0.15, 0.2) is 5.96 Å². The lowest BCUT2D eigenvalue weighted by Crippen LogP contribution is -2.44. The van der Waals surface area contributed by atoms with Crippen LogP contribution in [0.25, 0.3) is 0 Å². The van der Waals surface area contributed by atoms with Gasteiger partial charge in [0.2, 0.25) is 5.91 Å². The molecule has 0 fully saturated rings.